The predicted molar refractivity (Wildman–Crippen MR) is 68.9 cm³/mol. The van der Waals surface area contributed by atoms with Gasteiger partial charge in [0.05, 0.1) is 11.2 Å². The van der Waals surface area contributed by atoms with E-state index < -0.39 is 0 Å². The minimum absolute atomic E-state index is 0.545. The lowest BCUT2D eigenvalue weighted by Gasteiger charge is -2.02. The van der Waals surface area contributed by atoms with Gasteiger partial charge in [-0.15, -0.1) is 0 Å². The smallest absolute Gasteiger partial charge is 0.183 e. The fourth-order valence-electron chi connectivity index (χ4n) is 1.37. The molecule has 2 aromatic rings. The third-order valence-corrected chi connectivity index (χ3v) is 2.69. The Hall–Kier alpha value is -2.13. The topological polar surface area (TPSA) is 74.0 Å². The molecule has 0 radical (unpaired) electrons. The normalized spacial score (nSPS) is 11.2. The maximum absolute atomic E-state index is 8.58. The van der Waals surface area contributed by atoms with Crippen molar-refractivity contribution in [3.8, 4) is 6.19 Å². The number of rotatable bonds is 1. The van der Waals surface area contributed by atoms with Crippen LogP contribution < -0.4 is 5.32 Å². The van der Waals surface area contributed by atoms with Crippen LogP contribution in [-0.2, 0) is 0 Å². The molecule has 1 N–H and O–H groups in total. The Labute approximate surface area is 103 Å². The number of hydrogen-bond acceptors (Lipinski definition) is 5. The van der Waals surface area contributed by atoms with E-state index in [2.05, 4.69) is 20.3 Å². The van der Waals surface area contributed by atoms with Crippen molar-refractivity contribution in [2.24, 2.45) is 4.99 Å². The Morgan fingerprint density at radius 1 is 1.53 bits per heavy atom. The van der Waals surface area contributed by atoms with Crippen LogP contribution in [0.2, 0.25) is 0 Å². The summed E-state index contributed by atoms with van der Waals surface area (Å²) in [4.78, 5) is 12.5. The number of nitriles is 1. The first kappa shape index (κ1) is 11.4. The Balaban J connectivity index is 2.52. The van der Waals surface area contributed by atoms with Gasteiger partial charge in [-0.1, -0.05) is 17.8 Å². The molecule has 0 atom stereocenters. The minimum Gasteiger partial charge on any atom is -0.271 e. The quantitative estimate of drug-likeness (QED) is 0.359. The molecular formula is C11H9N5S. The van der Waals surface area contributed by atoms with Gasteiger partial charge in [-0.25, -0.2) is 15.0 Å². The molecule has 1 aromatic heterocycles. The summed E-state index contributed by atoms with van der Waals surface area (Å²) in [5.41, 5.74) is 1.58. The average molecular weight is 243 g/mol. The van der Waals surface area contributed by atoms with Crippen LogP contribution in [0.5, 0.6) is 0 Å². The summed E-state index contributed by atoms with van der Waals surface area (Å²) in [6.07, 6.45) is 6.92. The van der Waals surface area contributed by atoms with E-state index in [1.54, 1.807) is 6.20 Å². The van der Waals surface area contributed by atoms with Crippen molar-refractivity contribution < 1.29 is 0 Å². The van der Waals surface area contributed by atoms with Crippen LogP contribution in [0.4, 0.5) is 5.69 Å². The van der Waals surface area contributed by atoms with Gasteiger partial charge in [-0.3, -0.25) is 5.32 Å². The van der Waals surface area contributed by atoms with E-state index in [-0.39, 0.29) is 0 Å². The van der Waals surface area contributed by atoms with Crippen LogP contribution in [0, 0.1) is 11.5 Å². The molecule has 0 bridgehead atoms. The molecule has 0 unspecified atom stereocenters. The molecule has 0 aliphatic rings. The van der Waals surface area contributed by atoms with Gasteiger partial charge >= 0.3 is 0 Å². The number of nitrogens with zero attached hydrogens (tertiary/aromatic N) is 4. The van der Waals surface area contributed by atoms with Gasteiger partial charge in [0.2, 0.25) is 0 Å². The highest BCUT2D eigenvalue weighted by molar-refractivity contribution is 8.13. The number of amidine groups is 1. The van der Waals surface area contributed by atoms with Gasteiger partial charge in [0.1, 0.15) is 6.33 Å². The van der Waals surface area contributed by atoms with Crippen molar-refractivity contribution in [2.45, 2.75) is 0 Å². The monoisotopic (exact) mass is 243 g/mol. The Morgan fingerprint density at radius 3 is 3.18 bits per heavy atom. The third kappa shape index (κ3) is 2.52. The first-order valence-electron chi connectivity index (χ1n) is 4.81. The number of nitrogens with one attached hydrogen (secondary N) is 1. The van der Waals surface area contributed by atoms with Crippen LogP contribution in [0.1, 0.15) is 0 Å². The van der Waals surface area contributed by atoms with E-state index in [9.17, 15) is 0 Å². The molecule has 6 heteroatoms. The molecular weight excluding hydrogens is 234 g/mol. The Bertz CT molecular complexity index is 597. The highest BCUT2D eigenvalue weighted by Crippen LogP contribution is 2.24. The minimum atomic E-state index is 0.545. The molecule has 2 rings (SSSR count). The second-order valence-corrected chi connectivity index (χ2v) is 3.89. The fourth-order valence-corrected chi connectivity index (χ4v) is 1.71. The van der Waals surface area contributed by atoms with Gasteiger partial charge in [0.25, 0.3) is 0 Å². The average Bonchev–Trinajstić information content (AvgIpc) is 2.38. The molecule has 0 aliphatic heterocycles. The summed E-state index contributed by atoms with van der Waals surface area (Å²) in [7, 11) is 0. The largest absolute Gasteiger partial charge is 0.271 e. The van der Waals surface area contributed by atoms with Gasteiger partial charge in [0, 0.05) is 11.6 Å². The standard InChI is InChI=1S/C11H9N5S/c1-17-11(14-6-12)16-10-4-2-3-9-8(10)5-13-7-15-9/h2-5,7H,1H3,(H,14,16). The molecule has 1 heterocycles. The Morgan fingerprint density at radius 2 is 2.41 bits per heavy atom. The number of hydrogen-bond donors (Lipinski definition) is 1. The first-order valence-corrected chi connectivity index (χ1v) is 6.04. The predicted octanol–water partition coefficient (Wildman–Crippen LogP) is 2.05. The van der Waals surface area contributed by atoms with Crippen molar-refractivity contribution in [1.29, 1.82) is 5.26 Å². The molecule has 0 saturated heterocycles. The van der Waals surface area contributed by atoms with E-state index in [0.29, 0.717) is 5.17 Å². The summed E-state index contributed by atoms with van der Waals surface area (Å²) < 4.78 is 0. The second-order valence-electron chi connectivity index (χ2n) is 3.09. The van der Waals surface area contributed by atoms with E-state index in [0.717, 1.165) is 16.6 Å². The lowest BCUT2D eigenvalue weighted by Crippen LogP contribution is -2.12. The SMILES string of the molecule is CSC(=Nc1cccc2ncncc12)NC#N. The van der Waals surface area contributed by atoms with Crippen LogP contribution in [0.15, 0.2) is 35.7 Å². The highest BCUT2D eigenvalue weighted by Gasteiger charge is 2.02. The fraction of sp³-hybridized carbons (Fsp3) is 0.0909. The van der Waals surface area contributed by atoms with Crippen LogP contribution in [-0.4, -0.2) is 21.4 Å². The molecule has 0 fully saturated rings. The Kier molecular flexibility index (Phi) is 3.52. The number of aromatic nitrogens is 2. The van der Waals surface area contributed by atoms with Crippen molar-refractivity contribution in [3.05, 3.63) is 30.7 Å². The van der Waals surface area contributed by atoms with Crippen molar-refractivity contribution >= 4 is 33.5 Å². The van der Waals surface area contributed by atoms with Crippen LogP contribution in [0.25, 0.3) is 10.9 Å². The molecule has 0 spiro atoms. The maximum atomic E-state index is 8.58. The highest BCUT2D eigenvalue weighted by atomic mass is 32.2. The third-order valence-electron chi connectivity index (χ3n) is 2.11. The second kappa shape index (κ2) is 5.27. The zero-order valence-corrected chi connectivity index (χ0v) is 9.90. The van der Waals surface area contributed by atoms with Crippen LogP contribution in [0.3, 0.4) is 0 Å². The van der Waals surface area contributed by atoms with Crippen molar-refractivity contribution in [2.75, 3.05) is 6.26 Å². The van der Waals surface area contributed by atoms with E-state index in [1.165, 1.54) is 18.1 Å². The van der Waals surface area contributed by atoms with E-state index in [4.69, 9.17) is 5.26 Å². The molecule has 0 amide bonds. The molecule has 0 aliphatic carbocycles. The van der Waals surface area contributed by atoms with Gasteiger partial charge in [0.15, 0.2) is 11.4 Å². The molecule has 17 heavy (non-hydrogen) atoms. The maximum Gasteiger partial charge on any atom is 0.183 e. The van der Waals surface area contributed by atoms with Gasteiger partial charge < -0.3 is 0 Å². The molecule has 84 valence electrons. The lowest BCUT2D eigenvalue weighted by atomic mass is 10.2. The van der Waals surface area contributed by atoms with Crippen molar-refractivity contribution in [1.82, 2.24) is 15.3 Å². The first-order chi connectivity index (χ1) is 8.35. The van der Waals surface area contributed by atoms with Crippen LogP contribution >= 0.6 is 11.8 Å². The van der Waals surface area contributed by atoms with E-state index in [1.807, 2.05) is 30.6 Å². The summed E-state index contributed by atoms with van der Waals surface area (Å²) in [6, 6.07) is 5.63. The zero-order valence-electron chi connectivity index (χ0n) is 9.08. The molecule has 1 aromatic carbocycles. The van der Waals surface area contributed by atoms with Gasteiger partial charge in [-0.05, 0) is 18.4 Å². The lowest BCUT2D eigenvalue weighted by molar-refractivity contribution is 1.22. The summed E-state index contributed by atoms with van der Waals surface area (Å²) in [5.74, 6) is 0. The summed E-state index contributed by atoms with van der Waals surface area (Å²) in [6.45, 7) is 0. The number of fused-ring (bicyclic) bond motifs is 1. The summed E-state index contributed by atoms with van der Waals surface area (Å²) >= 11 is 1.37. The molecule has 0 saturated carbocycles. The molecule has 5 nitrogen and oxygen atoms in total. The number of aliphatic imine (C=N–C) groups is 1. The van der Waals surface area contributed by atoms with Gasteiger partial charge in [-0.2, -0.15) is 5.26 Å². The zero-order chi connectivity index (χ0) is 12.1. The van der Waals surface area contributed by atoms with Crippen molar-refractivity contribution in [3.63, 3.8) is 0 Å². The summed E-state index contributed by atoms with van der Waals surface area (Å²) in [5, 5.41) is 12.5. The van der Waals surface area contributed by atoms with E-state index >= 15 is 0 Å². The number of thioether (sulfide) groups is 1. The number of benzene rings is 1.